The van der Waals surface area contributed by atoms with Crippen LogP contribution in [0.1, 0.15) is 37.8 Å². The molecular formula is C17H27N3O. The van der Waals surface area contributed by atoms with Crippen LogP contribution in [0.15, 0.2) is 30.3 Å². The van der Waals surface area contributed by atoms with Gasteiger partial charge in [0.15, 0.2) is 0 Å². The summed E-state index contributed by atoms with van der Waals surface area (Å²) in [5.74, 6) is 0.767. The van der Waals surface area contributed by atoms with Crippen LogP contribution in [0.3, 0.4) is 0 Å². The average Bonchev–Trinajstić information content (AvgIpc) is 2.48. The molecule has 1 aliphatic heterocycles. The molecule has 1 fully saturated rings. The van der Waals surface area contributed by atoms with E-state index in [2.05, 4.69) is 10.2 Å². The molecule has 4 heteroatoms. The molecule has 0 aliphatic carbocycles. The van der Waals surface area contributed by atoms with Crippen molar-refractivity contribution in [3.8, 4) is 0 Å². The normalized spacial score (nSPS) is 21.0. The first-order chi connectivity index (χ1) is 10.2. The Kier molecular flexibility index (Phi) is 6.21. The maximum atomic E-state index is 12.2. The number of amides is 1. The minimum Gasteiger partial charge on any atom is -0.348 e. The highest BCUT2D eigenvalue weighted by molar-refractivity contribution is 5.78. The molecule has 116 valence electrons. The van der Waals surface area contributed by atoms with E-state index in [1.807, 2.05) is 37.3 Å². The van der Waals surface area contributed by atoms with Crippen molar-refractivity contribution < 1.29 is 4.79 Å². The third kappa shape index (κ3) is 5.14. The zero-order chi connectivity index (χ0) is 15.1. The minimum absolute atomic E-state index is 0.0586. The lowest BCUT2D eigenvalue weighted by molar-refractivity contribution is -0.123. The quantitative estimate of drug-likeness (QED) is 0.841. The van der Waals surface area contributed by atoms with Gasteiger partial charge in [-0.2, -0.15) is 0 Å². The van der Waals surface area contributed by atoms with Crippen LogP contribution >= 0.6 is 0 Å². The Morgan fingerprint density at radius 3 is 2.90 bits per heavy atom. The molecule has 0 bridgehead atoms. The summed E-state index contributed by atoms with van der Waals surface area (Å²) in [7, 11) is 0. The highest BCUT2D eigenvalue weighted by Crippen LogP contribution is 2.18. The second kappa shape index (κ2) is 8.15. The molecule has 0 saturated carbocycles. The zero-order valence-electron chi connectivity index (χ0n) is 12.9. The summed E-state index contributed by atoms with van der Waals surface area (Å²) in [6, 6.07) is 10.1. The lowest BCUT2D eigenvalue weighted by Crippen LogP contribution is -2.43. The minimum atomic E-state index is 0.0586. The largest absolute Gasteiger partial charge is 0.348 e. The second-order valence-corrected chi connectivity index (χ2v) is 6.02. The highest BCUT2D eigenvalue weighted by atomic mass is 16.2. The molecule has 1 heterocycles. The summed E-state index contributed by atoms with van der Waals surface area (Å²) in [6.07, 6.45) is 3.49. The Morgan fingerprint density at radius 1 is 1.43 bits per heavy atom. The molecule has 1 aliphatic rings. The molecule has 1 amide bonds. The number of likely N-dealkylation sites (tertiary alicyclic amines) is 1. The lowest BCUT2D eigenvalue weighted by atomic mass is 9.95. The van der Waals surface area contributed by atoms with Gasteiger partial charge in [0.25, 0.3) is 0 Å². The maximum absolute atomic E-state index is 12.2. The summed E-state index contributed by atoms with van der Waals surface area (Å²) in [6.45, 7) is 5.30. The third-order valence-electron chi connectivity index (χ3n) is 4.22. The molecule has 2 atom stereocenters. The Morgan fingerprint density at radius 2 is 2.19 bits per heavy atom. The van der Waals surface area contributed by atoms with Gasteiger partial charge in [-0.1, -0.05) is 30.3 Å². The summed E-state index contributed by atoms with van der Waals surface area (Å²) >= 11 is 0. The fourth-order valence-electron chi connectivity index (χ4n) is 3.08. The molecule has 1 aromatic rings. The van der Waals surface area contributed by atoms with Crippen molar-refractivity contribution in [1.29, 1.82) is 0 Å². The summed E-state index contributed by atoms with van der Waals surface area (Å²) in [5.41, 5.74) is 6.78. The van der Waals surface area contributed by atoms with Crippen LogP contribution in [-0.4, -0.2) is 37.0 Å². The van der Waals surface area contributed by atoms with Crippen molar-refractivity contribution in [3.05, 3.63) is 35.9 Å². The van der Waals surface area contributed by atoms with Gasteiger partial charge in [0, 0.05) is 6.54 Å². The van der Waals surface area contributed by atoms with Crippen molar-refractivity contribution in [2.24, 2.45) is 11.7 Å². The first kappa shape index (κ1) is 16.0. The Labute approximate surface area is 127 Å². The van der Waals surface area contributed by atoms with E-state index in [9.17, 15) is 4.79 Å². The van der Waals surface area contributed by atoms with Crippen LogP contribution in [-0.2, 0) is 4.79 Å². The molecule has 2 unspecified atom stereocenters. The van der Waals surface area contributed by atoms with E-state index in [1.165, 1.54) is 12.8 Å². The Bertz CT molecular complexity index is 433. The molecule has 1 aromatic carbocycles. The number of carbonyl (C=O) groups excluding carboxylic acids is 1. The van der Waals surface area contributed by atoms with Gasteiger partial charge < -0.3 is 11.1 Å². The number of nitrogens with two attached hydrogens (primary N) is 1. The molecule has 4 nitrogen and oxygen atoms in total. The molecule has 2 rings (SSSR count). The third-order valence-corrected chi connectivity index (χ3v) is 4.22. The van der Waals surface area contributed by atoms with E-state index in [4.69, 9.17) is 5.73 Å². The molecule has 0 spiro atoms. The lowest BCUT2D eigenvalue weighted by Gasteiger charge is -2.32. The summed E-state index contributed by atoms with van der Waals surface area (Å²) < 4.78 is 0. The summed E-state index contributed by atoms with van der Waals surface area (Å²) in [5, 5.41) is 3.09. The van der Waals surface area contributed by atoms with Crippen LogP contribution in [0.4, 0.5) is 0 Å². The van der Waals surface area contributed by atoms with Crippen molar-refractivity contribution in [2.45, 2.75) is 32.2 Å². The number of benzene rings is 1. The van der Waals surface area contributed by atoms with E-state index < -0.39 is 0 Å². The van der Waals surface area contributed by atoms with Crippen LogP contribution in [0.2, 0.25) is 0 Å². The van der Waals surface area contributed by atoms with Gasteiger partial charge in [-0.05, 0) is 50.8 Å². The number of nitrogens with one attached hydrogen (secondary N) is 1. The number of piperidine rings is 1. The smallest absolute Gasteiger partial charge is 0.234 e. The molecule has 3 N–H and O–H groups in total. The molecule has 21 heavy (non-hydrogen) atoms. The fraction of sp³-hybridized carbons (Fsp3) is 0.588. The Balaban J connectivity index is 1.79. The molecule has 0 aromatic heterocycles. The van der Waals surface area contributed by atoms with Crippen molar-refractivity contribution in [3.63, 3.8) is 0 Å². The van der Waals surface area contributed by atoms with Crippen LogP contribution in [0.5, 0.6) is 0 Å². The van der Waals surface area contributed by atoms with Gasteiger partial charge in [-0.15, -0.1) is 0 Å². The topological polar surface area (TPSA) is 58.4 Å². The zero-order valence-corrected chi connectivity index (χ0v) is 12.9. The van der Waals surface area contributed by atoms with Crippen molar-refractivity contribution >= 4 is 5.91 Å². The fourth-order valence-corrected chi connectivity index (χ4v) is 3.08. The summed E-state index contributed by atoms with van der Waals surface area (Å²) in [4.78, 5) is 14.4. The van der Waals surface area contributed by atoms with Crippen LogP contribution in [0.25, 0.3) is 0 Å². The van der Waals surface area contributed by atoms with Gasteiger partial charge in [-0.25, -0.2) is 0 Å². The molecule has 1 saturated heterocycles. The van der Waals surface area contributed by atoms with Crippen molar-refractivity contribution in [2.75, 3.05) is 26.2 Å². The van der Waals surface area contributed by atoms with E-state index >= 15 is 0 Å². The average molecular weight is 289 g/mol. The first-order valence-electron chi connectivity index (χ1n) is 7.95. The number of carbonyl (C=O) groups is 1. The van der Waals surface area contributed by atoms with E-state index in [-0.39, 0.29) is 11.9 Å². The second-order valence-electron chi connectivity index (χ2n) is 6.02. The van der Waals surface area contributed by atoms with Crippen LogP contribution in [0, 0.1) is 5.92 Å². The van der Waals surface area contributed by atoms with Gasteiger partial charge in [0.1, 0.15) is 0 Å². The molecule has 0 radical (unpaired) electrons. The van der Waals surface area contributed by atoms with Gasteiger partial charge in [-0.3, -0.25) is 9.69 Å². The van der Waals surface area contributed by atoms with E-state index in [0.717, 1.165) is 31.6 Å². The predicted molar refractivity (Wildman–Crippen MR) is 85.8 cm³/mol. The number of rotatable bonds is 6. The van der Waals surface area contributed by atoms with Gasteiger partial charge >= 0.3 is 0 Å². The van der Waals surface area contributed by atoms with Crippen molar-refractivity contribution in [1.82, 2.24) is 10.2 Å². The monoisotopic (exact) mass is 289 g/mol. The van der Waals surface area contributed by atoms with E-state index in [0.29, 0.717) is 12.5 Å². The first-order valence-corrected chi connectivity index (χ1v) is 7.95. The maximum Gasteiger partial charge on any atom is 0.234 e. The number of hydrogen-bond donors (Lipinski definition) is 2. The Hall–Kier alpha value is -1.39. The highest BCUT2D eigenvalue weighted by Gasteiger charge is 2.21. The van der Waals surface area contributed by atoms with Crippen LogP contribution < -0.4 is 11.1 Å². The van der Waals surface area contributed by atoms with E-state index in [1.54, 1.807) is 0 Å². The number of nitrogens with zero attached hydrogens (tertiary/aromatic N) is 1. The predicted octanol–water partition coefficient (Wildman–Crippen LogP) is 1.92. The standard InChI is InChI=1S/C17H27N3O/c1-14(16-7-3-2-4-8-16)19-17(21)13-20-11-5-6-15(12-20)9-10-18/h2-4,7-8,14-15H,5-6,9-13,18H2,1H3,(H,19,21). The number of hydrogen-bond acceptors (Lipinski definition) is 3. The van der Waals surface area contributed by atoms with Gasteiger partial charge in [0.05, 0.1) is 12.6 Å². The SMILES string of the molecule is CC(NC(=O)CN1CCCC(CCN)C1)c1ccccc1. The molecular weight excluding hydrogens is 262 g/mol. The van der Waals surface area contributed by atoms with Gasteiger partial charge in [0.2, 0.25) is 5.91 Å².